The Hall–Kier alpha value is -2.07. The van der Waals surface area contributed by atoms with Crippen molar-refractivity contribution in [2.45, 2.75) is 0 Å². The van der Waals surface area contributed by atoms with E-state index in [1.165, 1.54) is 0 Å². The average molecular weight is 260 g/mol. The number of nitrogens with one attached hydrogen (secondary N) is 1. The van der Waals surface area contributed by atoms with Crippen molar-refractivity contribution < 1.29 is 4.42 Å². The largest absolute Gasteiger partial charge is 0.454 e. The summed E-state index contributed by atoms with van der Waals surface area (Å²) in [6, 6.07) is 7.41. The summed E-state index contributed by atoms with van der Waals surface area (Å²) in [7, 11) is 1.80. The summed E-state index contributed by atoms with van der Waals surface area (Å²) >= 11 is 5.94. The molecule has 0 aliphatic heterocycles. The van der Waals surface area contributed by atoms with E-state index in [4.69, 9.17) is 16.0 Å². The minimum atomic E-state index is 0.678. The summed E-state index contributed by atoms with van der Waals surface area (Å²) in [4.78, 5) is 8.49. The number of rotatable bonds is 2. The predicted octanol–water partition coefficient (Wildman–Crippen LogP) is 3.58. The molecule has 0 aliphatic carbocycles. The molecule has 0 aliphatic rings. The maximum absolute atomic E-state index is 5.94. The van der Waals surface area contributed by atoms with Gasteiger partial charge in [-0.2, -0.15) is 0 Å². The number of nitrogens with zero attached hydrogens (tertiary/aromatic N) is 2. The van der Waals surface area contributed by atoms with Gasteiger partial charge in [-0.3, -0.25) is 4.98 Å². The van der Waals surface area contributed by atoms with E-state index in [0.29, 0.717) is 22.3 Å². The number of hydrogen-bond acceptors (Lipinski definition) is 4. The van der Waals surface area contributed by atoms with Crippen LogP contribution in [-0.4, -0.2) is 17.0 Å². The highest BCUT2D eigenvalue weighted by molar-refractivity contribution is 6.31. The highest BCUT2D eigenvalue weighted by Crippen LogP contribution is 2.28. The van der Waals surface area contributed by atoms with Crippen LogP contribution in [0.4, 0.5) is 5.82 Å². The third-order valence-corrected chi connectivity index (χ3v) is 2.86. The second-order valence-corrected chi connectivity index (χ2v) is 4.27. The molecule has 0 saturated heterocycles. The first-order chi connectivity index (χ1) is 8.76. The molecule has 18 heavy (non-hydrogen) atoms. The predicted molar refractivity (Wildman–Crippen MR) is 71.8 cm³/mol. The van der Waals surface area contributed by atoms with Crippen LogP contribution in [0.3, 0.4) is 0 Å². The lowest BCUT2D eigenvalue weighted by Gasteiger charge is -1.99. The molecule has 0 bridgehead atoms. The SMILES string of the molecule is CNc1cncc(-c2cc3cc(Cl)ccc3o2)n1. The van der Waals surface area contributed by atoms with E-state index in [-0.39, 0.29) is 0 Å². The van der Waals surface area contributed by atoms with E-state index >= 15 is 0 Å². The number of aromatic nitrogens is 2. The van der Waals surface area contributed by atoms with Crippen LogP contribution in [0.25, 0.3) is 22.4 Å². The van der Waals surface area contributed by atoms with E-state index in [2.05, 4.69) is 15.3 Å². The van der Waals surface area contributed by atoms with Crippen LogP contribution in [-0.2, 0) is 0 Å². The first kappa shape index (κ1) is 11.0. The van der Waals surface area contributed by atoms with Gasteiger partial charge in [0.1, 0.15) is 17.1 Å². The number of halogens is 1. The number of anilines is 1. The van der Waals surface area contributed by atoms with Crippen LogP contribution in [0.2, 0.25) is 5.02 Å². The van der Waals surface area contributed by atoms with Crippen LogP contribution < -0.4 is 5.32 Å². The van der Waals surface area contributed by atoms with Gasteiger partial charge in [-0.25, -0.2) is 4.98 Å². The summed E-state index contributed by atoms with van der Waals surface area (Å²) in [6.07, 6.45) is 3.32. The third-order valence-electron chi connectivity index (χ3n) is 2.62. The number of fused-ring (bicyclic) bond motifs is 1. The highest BCUT2D eigenvalue weighted by atomic mass is 35.5. The van der Waals surface area contributed by atoms with Crippen LogP contribution in [0.5, 0.6) is 0 Å². The standard InChI is InChI=1S/C13H10ClN3O/c1-15-13-7-16-6-10(17-13)12-5-8-4-9(14)2-3-11(8)18-12/h2-7H,1H3,(H,15,17). The summed E-state index contributed by atoms with van der Waals surface area (Å²) < 4.78 is 5.72. The minimum Gasteiger partial charge on any atom is -0.454 e. The summed E-state index contributed by atoms with van der Waals surface area (Å²) in [5.74, 6) is 1.38. The van der Waals surface area contributed by atoms with Gasteiger partial charge in [0, 0.05) is 17.5 Å². The lowest BCUT2D eigenvalue weighted by molar-refractivity contribution is 0.628. The van der Waals surface area contributed by atoms with E-state index in [1.54, 1.807) is 25.5 Å². The molecule has 3 rings (SSSR count). The molecule has 0 atom stereocenters. The maximum atomic E-state index is 5.94. The first-order valence-corrected chi connectivity index (χ1v) is 5.83. The Labute approximate surface area is 109 Å². The quantitative estimate of drug-likeness (QED) is 0.764. The Balaban J connectivity index is 2.13. The second-order valence-electron chi connectivity index (χ2n) is 3.83. The van der Waals surface area contributed by atoms with Crippen molar-refractivity contribution in [3.05, 3.63) is 41.7 Å². The number of furan rings is 1. The average Bonchev–Trinajstić information content (AvgIpc) is 2.81. The van der Waals surface area contributed by atoms with Crippen molar-refractivity contribution in [2.75, 3.05) is 12.4 Å². The summed E-state index contributed by atoms with van der Waals surface area (Å²) in [6.45, 7) is 0. The van der Waals surface area contributed by atoms with Gasteiger partial charge in [0.05, 0.1) is 12.4 Å². The molecule has 2 heterocycles. The molecular formula is C13H10ClN3O. The van der Waals surface area contributed by atoms with Gasteiger partial charge >= 0.3 is 0 Å². The Morgan fingerprint density at radius 2 is 2.11 bits per heavy atom. The van der Waals surface area contributed by atoms with Gasteiger partial charge in [0.25, 0.3) is 0 Å². The van der Waals surface area contributed by atoms with Crippen molar-refractivity contribution >= 4 is 28.4 Å². The molecule has 0 unspecified atom stereocenters. The number of benzene rings is 1. The molecular weight excluding hydrogens is 250 g/mol. The van der Waals surface area contributed by atoms with Crippen LogP contribution >= 0.6 is 11.6 Å². The maximum Gasteiger partial charge on any atom is 0.155 e. The van der Waals surface area contributed by atoms with Crippen molar-refractivity contribution in [3.8, 4) is 11.5 Å². The normalized spacial score (nSPS) is 10.8. The van der Waals surface area contributed by atoms with Crippen LogP contribution in [0.1, 0.15) is 0 Å². The molecule has 5 heteroatoms. The molecule has 2 aromatic heterocycles. The van der Waals surface area contributed by atoms with Crippen LogP contribution in [0, 0.1) is 0 Å². The molecule has 0 amide bonds. The Morgan fingerprint density at radius 3 is 2.94 bits per heavy atom. The second kappa shape index (κ2) is 4.31. The molecule has 4 nitrogen and oxygen atoms in total. The molecule has 1 aromatic carbocycles. The van der Waals surface area contributed by atoms with Gasteiger partial charge in [-0.05, 0) is 24.3 Å². The monoisotopic (exact) mass is 259 g/mol. The van der Waals surface area contributed by atoms with Crippen molar-refractivity contribution in [1.82, 2.24) is 9.97 Å². The smallest absolute Gasteiger partial charge is 0.155 e. The van der Waals surface area contributed by atoms with E-state index in [9.17, 15) is 0 Å². The Bertz CT molecular complexity index is 708. The zero-order valence-electron chi connectivity index (χ0n) is 9.64. The first-order valence-electron chi connectivity index (χ1n) is 5.45. The van der Waals surface area contributed by atoms with Gasteiger partial charge in [0.2, 0.25) is 0 Å². The topological polar surface area (TPSA) is 51.0 Å². The summed E-state index contributed by atoms with van der Waals surface area (Å²) in [5, 5.41) is 4.58. The molecule has 0 saturated carbocycles. The van der Waals surface area contributed by atoms with E-state index in [0.717, 1.165) is 11.0 Å². The van der Waals surface area contributed by atoms with E-state index in [1.807, 2.05) is 18.2 Å². The van der Waals surface area contributed by atoms with Gasteiger partial charge in [0.15, 0.2) is 5.76 Å². The molecule has 0 radical (unpaired) electrons. The Morgan fingerprint density at radius 1 is 1.22 bits per heavy atom. The fourth-order valence-corrected chi connectivity index (χ4v) is 1.93. The fourth-order valence-electron chi connectivity index (χ4n) is 1.75. The van der Waals surface area contributed by atoms with E-state index < -0.39 is 0 Å². The highest BCUT2D eigenvalue weighted by Gasteiger charge is 2.08. The fraction of sp³-hybridized carbons (Fsp3) is 0.0769. The van der Waals surface area contributed by atoms with Crippen molar-refractivity contribution in [2.24, 2.45) is 0 Å². The van der Waals surface area contributed by atoms with Crippen molar-refractivity contribution in [3.63, 3.8) is 0 Å². The lowest BCUT2D eigenvalue weighted by atomic mass is 10.2. The molecule has 1 N–H and O–H groups in total. The minimum absolute atomic E-state index is 0.678. The molecule has 3 aromatic rings. The Kier molecular flexibility index (Phi) is 2.64. The zero-order chi connectivity index (χ0) is 12.5. The summed E-state index contributed by atoms with van der Waals surface area (Å²) in [5.41, 5.74) is 1.47. The van der Waals surface area contributed by atoms with Gasteiger partial charge < -0.3 is 9.73 Å². The van der Waals surface area contributed by atoms with Crippen LogP contribution in [0.15, 0.2) is 41.1 Å². The van der Waals surface area contributed by atoms with Gasteiger partial charge in [-0.1, -0.05) is 11.6 Å². The third kappa shape index (κ3) is 1.91. The van der Waals surface area contributed by atoms with Gasteiger partial charge in [-0.15, -0.1) is 0 Å². The zero-order valence-corrected chi connectivity index (χ0v) is 10.4. The number of hydrogen-bond donors (Lipinski definition) is 1. The molecule has 0 fully saturated rings. The lowest BCUT2D eigenvalue weighted by Crippen LogP contribution is -1.94. The molecule has 90 valence electrons. The molecule has 0 spiro atoms. The van der Waals surface area contributed by atoms with Crippen molar-refractivity contribution in [1.29, 1.82) is 0 Å².